The normalized spacial score (nSPS) is 10.4. The minimum Gasteiger partial charge on any atom is -0.482 e. The first-order valence-electron chi connectivity index (χ1n) is 8.82. The summed E-state index contributed by atoms with van der Waals surface area (Å²) in [5.74, 6) is -0.160. The molecule has 0 aromatic heterocycles. The molecule has 1 amide bonds. The molecule has 0 unspecified atom stereocenters. The van der Waals surface area contributed by atoms with Crippen LogP contribution in [0.15, 0.2) is 66.7 Å². The summed E-state index contributed by atoms with van der Waals surface area (Å²) < 4.78 is 10.8. The summed E-state index contributed by atoms with van der Waals surface area (Å²) in [5, 5.41) is 4.22. The van der Waals surface area contributed by atoms with E-state index in [-0.39, 0.29) is 24.8 Å². The molecule has 30 heavy (non-hydrogen) atoms. The summed E-state index contributed by atoms with van der Waals surface area (Å²) in [6.07, 6.45) is 0. The number of esters is 1. The van der Waals surface area contributed by atoms with Gasteiger partial charge in [0.1, 0.15) is 11.5 Å². The first kappa shape index (κ1) is 22.0. The molecule has 0 aliphatic carbocycles. The minimum absolute atomic E-state index is 0.104. The van der Waals surface area contributed by atoms with Gasteiger partial charge in [-0.3, -0.25) is 4.79 Å². The SMILES string of the molecule is O=C(COc1ccc(Cl)cc1)Oc1ccc(Cl)cc1CNC(=O)c1cccc(Cl)c1. The fourth-order valence-electron chi connectivity index (χ4n) is 2.52. The quantitative estimate of drug-likeness (QED) is 0.367. The number of benzene rings is 3. The standard InChI is InChI=1S/C22H16Cl3NO4/c23-16-4-7-19(8-5-16)29-13-21(27)30-20-9-6-18(25)11-15(20)12-26-22(28)14-2-1-3-17(24)10-14/h1-11H,12-13H2,(H,26,28). The summed E-state index contributed by atoms with van der Waals surface area (Å²) in [7, 11) is 0. The van der Waals surface area contributed by atoms with Crippen molar-refractivity contribution in [1.82, 2.24) is 5.32 Å². The Morgan fingerprint density at radius 2 is 1.53 bits per heavy atom. The third-order valence-corrected chi connectivity index (χ3v) is 4.67. The molecule has 0 aliphatic rings. The average molecular weight is 465 g/mol. The Kier molecular flexibility index (Phi) is 7.57. The van der Waals surface area contributed by atoms with Gasteiger partial charge in [-0.2, -0.15) is 0 Å². The van der Waals surface area contributed by atoms with Crippen LogP contribution in [0.5, 0.6) is 11.5 Å². The van der Waals surface area contributed by atoms with Crippen LogP contribution in [0.1, 0.15) is 15.9 Å². The fourth-order valence-corrected chi connectivity index (χ4v) is 3.03. The Bertz CT molecular complexity index is 1050. The summed E-state index contributed by atoms with van der Waals surface area (Å²) >= 11 is 17.8. The molecular formula is C22H16Cl3NO4. The molecule has 5 nitrogen and oxygen atoms in total. The Morgan fingerprint density at radius 1 is 0.833 bits per heavy atom. The maximum atomic E-state index is 12.3. The van der Waals surface area contributed by atoms with E-state index in [1.54, 1.807) is 66.7 Å². The molecular weight excluding hydrogens is 449 g/mol. The number of hydrogen-bond acceptors (Lipinski definition) is 4. The van der Waals surface area contributed by atoms with Crippen LogP contribution in [-0.4, -0.2) is 18.5 Å². The van der Waals surface area contributed by atoms with E-state index in [0.717, 1.165) is 0 Å². The first-order valence-corrected chi connectivity index (χ1v) is 9.95. The maximum absolute atomic E-state index is 12.3. The molecule has 1 N–H and O–H groups in total. The molecule has 0 saturated heterocycles. The van der Waals surface area contributed by atoms with Gasteiger partial charge in [0.25, 0.3) is 5.91 Å². The van der Waals surface area contributed by atoms with Gasteiger partial charge in [-0.1, -0.05) is 40.9 Å². The Morgan fingerprint density at radius 3 is 2.27 bits per heavy atom. The van der Waals surface area contributed by atoms with Crippen molar-refractivity contribution in [3.8, 4) is 11.5 Å². The van der Waals surface area contributed by atoms with Crippen LogP contribution in [0.25, 0.3) is 0 Å². The zero-order valence-electron chi connectivity index (χ0n) is 15.5. The average Bonchev–Trinajstić information content (AvgIpc) is 2.73. The highest BCUT2D eigenvalue weighted by Crippen LogP contribution is 2.24. The van der Waals surface area contributed by atoms with Crippen LogP contribution < -0.4 is 14.8 Å². The number of hydrogen-bond donors (Lipinski definition) is 1. The fraction of sp³-hybridized carbons (Fsp3) is 0.0909. The van der Waals surface area contributed by atoms with Crippen LogP contribution in [0, 0.1) is 0 Å². The van der Waals surface area contributed by atoms with E-state index < -0.39 is 5.97 Å². The molecule has 8 heteroatoms. The number of carbonyl (C=O) groups excluding carboxylic acids is 2. The Balaban J connectivity index is 1.62. The van der Waals surface area contributed by atoms with E-state index in [9.17, 15) is 9.59 Å². The lowest BCUT2D eigenvalue weighted by Gasteiger charge is -2.12. The number of ether oxygens (including phenoxy) is 2. The van der Waals surface area contributed by atoms with E-state index >= 15 is 0 Å². The van der Waals surface area contributed by atoms with Gasteiger partial charge in [-0.05, 0) is 60.7 Å². The maximum Gasteiger partial charge on any atom is 0.349 e. The van der Waals surface area contributed by atoms with E-state index in [2.05, 4.69) is 5.32 Å². The molecule has 0 fully saturated rings. The summed E-state index contributed by atoms with van der Waals surface area (Å²) in [6, 6.07) is 17.9. The summed E-state index contributed by atoms with van der Waals surface area (Å²) in [5.41, 5.74) is 0.956. The first-order chi connectivity index (χ1) is 14.4. The number of carbonyl (C=O) groups is 2. The molecule has 3 rings (SSSR count). The Hall–Kier alpha value is -2.73. The third-order valence-electron chi connectivity index (χ3n) is 3.94. The van der Waals surface area contributed by atoms with Crippen molar-refractivity contribution in [2.45, 2.75) is 6.54 Å². The molecule has 3 aromatic rings. The highest BCUT2D eigenvalue weighted by atomic mass is 35.5. The van der Waals surface area contributed by atoms with Gasteiger partial charge in [0.05, 0.1) is 0 Å². The molecule has 3 aromatic carbocycles. The minimum atomic E-state index is -0.602. The monoisotopic (exact) mass is 463 g/mol. The second kappa shape index (κ2) is 10.3. The van der Waals surface area contributed by atoms with Crippen molar-refractivity contribution in [2.24, 2.45) is 0 Å². The smallest absolute Gasteiger partial charge is 0.349 e. The molecule has 0 bridgehead atoms. The van der Waals surface area contributed by atoms with Gasteiger partial charge < -0.3 is 14.8 Å². The van der Waals surface area contributed by atoms with Crippen molar-refractivity contribution in [3.05, 3.63) is 92.9 Å². The van der Waals surface area contributed by atoms with Gasteiger partial charge >= 0.3 is 5.97 Å². The largest absolute Gasteiger partial charge is 0.482 e. The molecule has 0 radical (unpaired) electrons. The predicted octanol–water partition coefficient (Wildman–Crippen LogP) is 5.56. The highest BCUT2D eigenvalue weighted by molar-refractivity contribution is 6.31. The lowest BCUT2D eigenvalue weighted by Crippen LogP contribution is -2.24. The molecule has 0 atom stereocenters. The van der Waals surface area contributed by atoms with Gasteiger partial charge in [0, 0.05) is 32.7 Å². The highest BCUT2D eigenvalue weighted by Gasteiger charge is 2.13. The van der Waals surface area contributed by atoms with Crippen LogP contribution in [0.3, 0.4) is 0 Å². The van der Waals surface area contributed by atoms with Gasteiger partial charge in [0.2, 0.25) is 0 Å². The molecule has 0 saturated carbocycles. The van der Waals surface area contributed by atoms with Crippen molar-refractivity contribution < 1.29 is 19.1 Å². The van der Waals surface area contributed by atoms with Crippen molar-refractivity contribution in [1.29, 1.82) is 0 Å². The second-order valence-corrected chi connectivity index (χ2v) is 7.47. The van der Waals surface area contributed by atoms with Crippen LogP contribution in [0.4, 0.5) is 0 Å². The van der Waals surface area contributed by atoms with Gasteiger partial charge in [-0.25, -0.2) is 4.79 Å². The zero-order valence-corrected chi connectivity index (χ0v) is 17.8. The van der Waals surface area contributed by atoms with E-state index in [4.69, 9.17) is 44.3 Å². The third kappa shape index (κ3) is 6.39. The van der Waals surface area contributed by atoms with Gasteiger partial charge in [-0.15, -0.1) is 0 Å². The summed E-state index contributed by atoms with van der Waals surface area (Å²) in [6.45, 7) is -0.189. The number of rotatable bonds is 7. The predicted molar refractivity (Wildman–Crippen MR) is 117 cm³/mol. The number of halogens is 3. The van der Waals surface area contributed by atoms with Crippen molar-refractivity contribution >= 4 is 46.7 Å². The van der Waals surface area contributed by atoms with Crippen molar-refractivity contribution in [2.75, 3.05) is 6.61 Å². The molecule has 0 heterocycles. The number of nitrogens with one attached hydrogen (secondary N) is 1. The molecule has 0 spiro atoms. The van der Waals surface area contributed by atoms with Crippen LogP contribution in [-0.2, 0) is 11.3 Å². The second-order valence-electron chi connectivity index (χ2n) is 6.16. The Labute approximate surface area is 188 Å². The number of amides is 1. The lowest BCUT2D eigenvalue weighted by atomic mass is 10.1. The topological polar surface area (TPSA) is 64.6 Å². The molecule has 0 aliphatic heterocycles. The van der Waals surface area contributed by atoms with E-state index in [1.807, 2.05) is 0 Å². The lowest BCUT2D eigenvalue weighted by molar-refractivity contribution is -0.136. The van der Waals surface area contributed by atoms with Gasteiger partial charge in [0.15, 0.2) is 6.61 Å². The van der Waals surface area contributed by atoms with E-state index in [1.165, 1.54) is 0 Å². The van der Waals surface area contributed by atoms with E-state index in [0.29, 0.717) is 31.9 Å². The molecule has 154 valence electrons. The summed E-state index contributed by atoms with van der Waals surface area (Å²) in [4.78, 5) is 24.5. The van der Waals surface area contributed by atoms with Crippen LogP contribution in [0.2, 0.25) is 15.1 Å². The zero-order chi connectivity index (χ0) is 21.5. The van der Waals surface area contributed by atoms with Crippen LogP contribution >= 0.6 is 34.8 Å². The van der Waals surface area contributed by atoms with Crippen molar-refractivity contribution in [3.63, 3.8) is 0 Å².